The maximum Gasteiger partial charge on any atom is 0.408 e. The van der Waals surface area contributed by atoms with E-state index >= 15 is 0 Å². The Hall–Kier alpha value is -1.11. The smallest absolute Gasteiger partial charge is 0.408 e. The fourth-order valence-corrected chi connectivity index (χ4v) is 5.25. The summed E-state index contributed by atoms with van der Waals surface area (Å²) < 4.78 is 34.7. The van der Waals surface area contributed by atoms with Crippen LogP contribution in [0, 0.1) is 11.8 Å². The molecule has 0 spiro atoms. The fraction of sp³-hybridized carbons (Fsp3) is 0.895. The second-order valence-corrected chi connectivity index (χ2v) is 10.2. The summed E-state index contributed by atoms with van der Waals surface area (Å²) in [5.41, 5.74) is -1.38. The molecule has 28 heavy (non-hydrogen) atoms. The zero-order valence-corrected chi connectivity index (χ0v) is 19.6. The third-order valence-electron chi connectivity index (χ3n) is 4.04. The summed E-state index contributed by atoms with van der Waals surface area (Å²) in [5, 5.41) is 2.61. The quantitative estimate of drug-likeness (QED) is 0.389. The van der Waals surface area contributed by atoms with Gasteiger partial charge in [0.2, 0.25) is 0 Å². The lowest BCUT2D eigenvalue weighted by atomic mass is 9.85. The summed E-state index contributed by atoms with van der Waals surface area (Å²) in [6.07, 6.45) is -0.744. The van der Waals surface area contributed by atoms with Gasteiger partial charge >= 0.3 is 19.7 Å². The van der Waals surface area contributed by atoms with Crippen molar-refractivity contribution < 1.29 is 32.7 Å². The number of hydrogen-bond acceptors (Lipinski definition) is 7. The van der Waals surface area contributed by atoms with Gasteiger partial charge in [0.15, 0.2) is 0 Å². The van der Waals surface area contributed by atoms with Crippen molar-refractivity contribution in [1.29, 1.82) is 0 Å². The minimum absolute atomic E-state index is 0.131. The Morgan fingerprint density at radius 2 is 1.46 bits per heavy atom. The fourth-order valence-electron chi connectivity index (χ4n) is 3.04. The Balaban J connectivity index is 5.93. The van der Waals surface area contributed by atoms with Gasteiger partial charge < -0.3 is 23.8 Å². The van der Waals surface area contributed by atoms with E-state index in [-0.39, 0.29) is 25.7 Å². The van der Waals surface area contributed by atoms with E-state index in [1.807, 2.05) is 13.8 Å². The molecule has 0 saturated carbocycles. The molecule has 0 heterocycles. The van der Waals surface area contributed by atoms with E-state index in [0.717, 1.165) is 0 Å². The molecule has 8 nitrogen and oxygen atoms in total. The summed E-state index contributed by atoms with van der Waals surface area (Å²) in [6.45, 7) is 16.4. The largest absolute Gasteiger partial charge is 0.464 e. The number of ether oxygens (including phenoxy) is 2. The van der Waals surface area contributed by atoms with Crippen LogP contribution in [0.2, 0.25) is 0 Å². The number of carbonyl (C=O) groups excluding carboxylic acids is 2. The van der Waals surface area contributed by atoms with Gasteiger partial charge in [0.05, 0.1) is 25.5 Å². The second-order valence-electron chi connectivity index (χ2n) is 7.81. The number of amides is 1. The van der Waals surface area contributed by atoms with Crippen molar-refractivity contribution in [3.05, 3.63) is 0 Å². The van der Waals surface area contributed by atoms with Gasteiger partial charge in [-0.25, -0.2) is 9.59 Å². The van der Waals surface area contributed by atoms with Crippen molar-refractivity contribution in [2.75, 3.05) is 19.8 Å². The molecule has 0 unspecified atom stereocenters. The van der Waals surface area contributed by atoms with E-state index in [4.69, 9.17) is 18.5 Å². The molecule has 0 aliphatic carbocycles. The summed E-state index contributed by atoms with van der Waals surface area (Å²) in [4.78, 5) is 25.0. The topological polar surface area (TPSA) is 100 Å². The number of hydrogen-bond donors (Lipinski definition) is 1. The molecule has 0 aromatic heterocycles. The maximum atomic E-state index is 13.3. The van der Waals surface area contributed by atoms with Gasteiger partial charge in [0.25, 0.3) is 0 Å². The molecular weight excluding hydrogens is 385 g/mol. The Morgan fingerprint density at radius 1 is 0.964 bits per heavy atom. The van der Waals surface area contributed by atoms with E-state index in [9.17, 15) is 14.2 Å². The van der Waals surface area contributed by atoms with Crippen molar-refractivity contribution in [3.8, 4) is 0 Å². The van der Waals surface area contributed by atoms with Gasteiger partial charge in [0.1, 0.15) is 11.6 Å². The molecule has 0 aliphatic rings. The van der Waals surface area contributed by atoms with Crippen LogP contribution in [0.5, 0.6) is 0 Å². The molecule has 0 aromatic carbocycles. The number of rotatable bonds is 11. The van der Waals surface area contributed by atoms with Gasteiger partial charge in [0, 0.05) is 5.92 Å². The lowest BCUT2D eigenvalue weighted by Gasteiger charge is -2.36. The highest BCUT2D eigenvalue weighted by Crippen LogP contribution is 2.57. The van der Waals surface area contributed by atoms with E-state index in [0.29, 0.717) is 0 Å². The Morgan fingerprint density at radius 3 is 1.82 bits per heavy atom. The summed E-state index contributed by atoms with van der Waals surface area (Å²) in [5.74, 6) is -1.30. The van der Waals surface area contributed by atoms with Crippen molar-refractivity contribution in [2.45, 2.75) is 79.6 Å². The summed E-state index contributed by atoms with van der Waals surface area (Å²) in [7, 11) is -3.52. The monoisotopic (exact) mass is 423 g/mol. The van der Waals surface area contributed by atoms with E-state index in [2.05, 4.69) is 5.32 Å². The van der Waals surface area contributed by atoms with Gasteiger partial charge in [-0.3, -0.25) is 4.57 Å². The number of alkyl carbamates (subject to hydrolysis) is 1. The molecule has 0 bridgehead atoms. The first-order chi connectivity index (χ1) is 12.8. The van der Waals surface area contributed by atoms with E-state index in [1.165, 1.54) is 0 Å². The van der Waals surface area contributed by atoms with Crippen molar-refractivity contribution in [2.24, 2.45) is 11.8 Å². The maximum absolute atomic E-state index is 13.3. The van der Waals surface area contributed by atoms with Gasteiger partial charge in [-0.05, 0) is 47.5 Å². The molecule has 3 atom stereocenters. The zero-order valence-electron chi connectivity index (χ0n) is 18.7. The lowest BCUT2D eigenvalue weighted by molar-refractivity contribution is -0.147. The molecule has 0 aliphatic heterocycles. The Bertz CT molecular complexity index is 535. The van der Waals surface area contributed by atoms with Crippen LogP contribution in [0.3, 0.4) is 0 Å². The predicted octanol–water partition coefficient (Wildman–Crippen LogP) is 4.37. The Labute approximate surface area is 169 Å². The first-order valence-corrected chi connectivity index (χ1v) is 11.5. The molecule has 9 heteroatoms. The summed E-state index contributed by atoms with van der Waals surface area (Å²) >= 11 is 0. The molecule has 0 saturated heterocycles. The van der Waals surface area contributed by atoms with Gasteiger partial charge in [-0.15, -0.1) is 0 Å². The second kappa shape index (κ2) is 11.8. The van der Waals surface area contributed by atoms with Crippen molar-refractivity contribution in [1.82, 2.24) is 5.32 Å². The van der Waals surface area contributed by atoms with E-state index in [1.54, 1.807) is 48.5 Å². The average Bonchev–Trinajstić information content (AvgIpc) is 2.52. The molecule has 166 valence electrons. The number of nitrogens with one attached hydrogen (secondary N) is 1. The minimum Gasteiger partial charge on any atom is -0.464 e. The van der Waals surface area contributed by atoms with Crippen LogP contribution in [0.1, 0.15) is 62.3 Å². The average molecular weight is 423 g/mol. The first kappa shape index (κ1) is 26.9. The van der Waals surface area contributed by atoms with Gasteiger partial charge in [-0.1, -0.05) is 20.8 Å². The highest BCUT2D eigenvalue weighted by molar-refractivity contribution is 7.54. The zero-order chi connectivity index (χ0) is 22.1. The van der Waals surface area contributed by atoms with Crippen LogP contribution in [0.15, 0.2) is 0 Å². The molecule has 0 radical (unpaired) electrons. The molecular formula is C19H38NO7P. The SMILES string of the molecule is CCOC(=O)[C@@H](NC(=O)OC(C)(C)C)[C@H](C(C)C)[C@H](C)P(=O)(OCC)OCC. The third-order valence-corrected chi connectivity index (χ3v) is 6.62. The number of esters is 1. The van der Waals surface area contributed by atoms with Crippen LogP contribution < -0.4 is 5.32 Å². The van der Waals surface area contributed by atoms with E-state index < -0.39 is 42.9 Å². The van der Waals surface area contributed by atoms with Crippen LogP contribution in [0.25, 0.3) is 0 Å². The van der Waals surface area contributed by atoms with Crippen LogP contribution >= 0.6 is 7.60 Å². The van der Waals surface area contributed by atoms with Crippen LogP contribution in [-0.2, 0) is 27.9 Å². The van der Waals surface area contributed by atoms with Crippen LogP contribution in [-0.4, -0.2) is 49.2 Å². The summed E-state index contributed by atoms with van der Waals surface area (Å²) in [6, 6.07) is -1.06. The predicted molar refractivity (Wildman–Crippen MR) is 108 cm³/mol. The standard InChI is InChI=1S/C19H38NO7P/c1-10-24-17(21)16(20-18(22)27-19(7,8)9)15(13(4)5)14(6)28(23,25-11-2)26-12-3/h13-16H,10-12H2,1-9H3,(H,20,22)/t14-,15+,16-/m0/s1. The van der Waals surface area contributed by atoms with Crippen molar-refractivity contribution in [3.63, 3.8) is 0 Å². The minimum atomic E-state index is -3.52. The third kappa shape index (κ3) is 8.50. The first-order valence-electron chi connectivity index (χ1n) is 9.87. The van der Waals surface area contributed by atoms with Crippen LogP contribution in [0.4, 0.5) is 4.79 Å². The molecule has 1 amide bonds. The van der Waals surface area contributed by atoms with Gasteiger partial charge in [-0.2, -0.15) is 0 Å². The molecule has 0 aromatic rings. The lowest BCUT2D eigenvalue weighted by Crippen LogP contribution is -2.52. The molecule has 0 rings (SSSR count). The van der Waals surface area contributed by atoms with Crippen molar-refractivity contribution >= 4 is 19.7 Å². The highest BCUT2D eigenvalue weighted by atomic mass is 31.2. The molecule has 1 N–H and O–H groups in total. The normalized spacial score (nSPS) is 15.6. The number of carbonyl (C=O) groups is 2. The highest BCUT2D eigenvalue weighted by Gasteiger charge is 2.46. The molecule has 0 fully saturated rings. The Kier molecular flexibility index (Phi) is 11.3.